The second-order valence-electron chi connectivity index (χ2n) is 6.28. The van der Waals surface area contributed by atoms with Gasteiger partial charge in [-0.3, -0.25) is 0 Å². The highest BCUT2D eigenvalue weighted by Gasteiger charge is 2.19. The van der Waals surface area contributed by atoms with Crippen LogP contribution in [-0.2, 0) is 5.41 Å². The molecule has 0 heterocycles. The van der Waals surface area contributed by atoms with Gasteiger partial charge in [0.25, 0.3) is 0 Å². The quantitative estimate of drug-likeness (QED) is 0.796. The third-order valence-corrected chi connectivity index (χ3v) is 3.40. The van der Waals surface area contributed by atoms with Crippen molar-refractivity contribution in [2.45, 2.75) is 33.1 Å². The van der Waals surface area contributed by atoms with Gasteiger partial charge < -0.3 is 4.74 Å². The molecule has 0 spiro atoms. The predicted octanol–water partition coefficient (Wildman–Crippen LogP) is 4.83. The van der Waals surface area contributed by atoms with Crippen LogP contribution in [0.2, 0.25) is 0 Å². The minimum absolute atomic E-state index is 0.0496. The molecule has 2 aromatic carbocycles. The molecule has 0 aliphatic heterocycles. The number of benzene rings is 2. The Hall–Kier alpha value is -2.78. The Kier molecular flexibility index (Phi) is 4.20. The lowest BCUT2D eigenvalue weighted by Gasteiger charge is -2.23. The number of aryl methyl sites for hydroxylation is 1. The Labute approximate surface area is 131 Å². The number of nitriles is 2. The minimum Gasteiger partial charge on any atom is -0.457 e. The van der Waals surface area contributed by atoms with Crippen LogP contribution < -0.4 is 4.74 Å². The lowest BCUT2D eigenvalue weighted by atomic mass is 9.85. The lowest BCUT2D eigenvalue weighted by Crippen LogP contribution is -2.12. The second-order valence-corrected chi connectivity index (χ2v) is 6.28. The first kappa shape index (κ1) is 15.6. The SMILES string of the molecule is Cc1ccc(Oc2ccc(C#N)c(C#N)c2)c(C(C)(C)C)c1. The van der Waals surface area contributed by atoms with E-state index < -0.39 is 0 Å². The molecule has 2 rings (SSSR count). The number of hydrogen-bond donors (Lipinski definition) is 0. The number of rotatable bonds is 2. The van der Waals surface area contributed by atoms with Crippen molar-refractivity contribution in [2.24, 2.45) is 0 Å². The van der Waals surface area contributed by atoms with Gasteiger partial charge in [-0.1, -0.05) is 38.5 Å². The maximum absolute atomic E-state index is 9.10. The third-order valence-electron chi connectivity index (χ3n) is 3.40. The Morgan fingerprint density at radius 2 is 1.59 bits per heavy atom. The molecule has 2 aromatic rings. The third kappa shape index (κ3) is 3.27. The molecule has 0 fully saturated rings. The van der Waals surface area contributed by atoms with Gasteiger partial charge in [0.1, 0.15) is 23.6 Å². The summed E-state index contributed by atoms with van der Waals surface area (Å²) in [5, 5.41) is 18.1. The van der Waals surface area contributed by atoms with E-state index in [1.54, 1.807) is 18.2 Å². The van der Waals surface area contributed by atoms with Crippen molar-refractivity contribution in [3.05, 3.63) is 58.7 Å². The van der Waals surface area contributed by atoms with E-state index in [4.69, 9.17) is 15.3 Å². The molecular weight excluding hydrogens is 272 g/mol. The smallest absolute Gasteiger partial charge is 0.131 e. The van der Waals surface area contributed by atoms with Gasteiger partial charge in [0.2, 0.25) is 0 Å². The average Bonchev–Trinajstić information content (AvgIpc) is 2.48. The van der Waals surface area contributed by atoms with E-state index in [9.17, 15) is 0 Å². The van der Waals surface area contributed by atoms with E-state index in [1.807, 2.05) is 24.3 Å². The average molecular weight is 290 g/mol. The molecule has 0 amide bonds. The van der Waals surface area contributed by atoms with Crippen molar-refractivity contribution < 1.29 is 4.74 Å². The highest BCUT2D eigenvalue weighted by atomic mass is 16.5. The zero-order valence-corrected chi connectivity index (χ0v) is 13.3. The molecule has 0 unspecified atom stereocenters. The topological polar surface area (TPSA) is 56.8 Å². The van der Waals surface area contributed by atoms with Crippen molar-refractivity contribution in [3.63, 3.8) is 0 Å². The van der Waals surface area contributed by atoms with Gasteiger partial charge in [0.15, 0.2) is 0 Å². The Morgan fingerprint density at radius 1 is 0.909 bits per heavy atom. The maximum atomic E-state index is 9.10. The molecule has 22 heavy (non-hydrogen) atoms. The van der Waals surface area contributed by atoms with Crippen LogP contribution in [0.25, 0.3) is 0 Å². The van der Waals surface area contributed by atoms with Crippen LogP contribution in [0.15, 0.2) is 36.4 Å². The highest BCUT2D eigenvalue weighted by Crippen LogP contribution is 2.35. The van der Waals surface area contributed by atoms with Crippen LogP contribution in [0.4, 0.5) is 0 Å². The second kappa shape index (κ2) is 5.92. The van der Waals surface area contributed by atoms with Crippen molar-refractivity contribution in [2.75, 3.05) is 0 Å². The fraction of sp³-hybridized carbons (Fsp3) is 0.263. The summed E-state index contributed by atoms with van der Waals surface area (Å²) < 4.78 is 5.97. The van der Waals surface area contributed by atoms with Crippen LogP contribution in [0.1, 0.15) is 43.0 Å². The summed E-state index contributed by atoms with van der Waals surface area (Å²) in [5.74, 6) is 1.33. The van der Waals surface area contributed by atoms with Gasteiger partial charge in [-0.15, -0.1) is 0 Å². The zero-order valence-electron chi connectivity index (χ0n) is 13.3. The fourth-order valence-electron chi connectivity index (χ4n) is 2.22. The molecule has 0 aliphatic rings. The van der Waals surface area contributed by atoms with Gasteiger partial charge in [-0.2, -0.15) is 10.5 Å². The molecule has 0 aromatic heterocycles. The number of nitrogens with zero attached hydrogens (tertiary/aromatic N) is 2. The summed E-state index contributed by atoms with van der Waals surface area (Å²) in [5.41, 5.74) is 2.91. The van der Waals surface area contributed by atoms with Crippen LogP contribution in [-0.4, -0.2) is 0 Å². The molecule has 3 nitrogen and oxygen atoms in total. The summed E-state index contributed by atoms with van der Waals surface area (Å²) >= 11 is 0. The molecule has 0 saturated heterocycles. The lowest BCUT2D eigenvalue weighted by molar-refractivity contribution is 0.455. The normalized spacial score (nSPS) is 10.6. The maximum Gasteiger partial charge on any atom is 0.131 e. The minimum atomic E-state index is -0.0496. The zero-order chi connectivity index (χ0) is 16.3. The fourth-order valence-corrected chi connectivity index (χ4v) is 2.22. The monoisotopic (exact) mass is 290 g/mol. The van der Waals surface area contributed by atoms with E-state index in [1.165, 1.54) is 5.56 Å². The Balaban J connectivity index is 2.45. The molecule has 0 atom stereocenters. The first-order valence-corrected chi connectivity index (χ1v) is 7.08. The molecule has 0 N–H and O–H groups in total. The van der Waals surface area contributed by atoms with E-state index >= 15 is 0 Å². The van der Waals surface area contributed by atoms with Gasteiger partial charge in [0, 0.05) is 5.56 Å². The van der Waals surface area contributed by atoms with Crippen LogP contribution in [0, 0.1) is 29.6 Å². The molecule has 0 bridgehead atoms. The molecule has 0 aliphatic carbocycles. The van der Waals surface area contributed by atoms with E-state index in [-0.39, 0.29) is 5.41 Å². The molecular formula is C19H18N2O. The highest BCUT2D eigenvalue weighted by molar-refractivity contribution is 5.51. The predicted molar refractivity (Wildman–Crippen MR) is 85.8 cm³/mol. The molecule has 3 heteroatoms. The van der Waals surface area contributed by atoms with Gasteiger partial charge in [-0.05, 0) is 36.6 Å². The van der Waals surface area contributed by atoms with Crippen molar-refractivity contribution in [1.82, 2.24) is 0 Å². The van der Waals surface area contributed by atoms with Gasteiger partial charge in [0.05, 0.1) is 11.1 Å². The van der Waals surface area contributed by atoms with Crippen molar-refractivity contribution >= 4 is 0 Å². The first-order valence-electron chi connectivity index (χ1n) is 7.08. The Bertz CT molecular complexity index is 787. The van der Waals surface area contributed by atoms with E-state index in [0.717, 1.165) is 11.3 Å². The van der Waals surface area contributed by atoms with Crippen LogP contribution >= 0.6 is 0 Å². The van der Waals surface area contributed by atoms with Gasteiger partial charge >= 0.3 is 0 Å². The van der Waals surface area contributed by atoms with E-state index in [2.05, 4.69) is 33.8 Å². The van der Waals surface area contributed by atoms with E-state index in [0.29, 0.717) is 16.9 Å². The van der Waals surface area contributed by atoms with Gasteiger partial charge in [-0.25, -0.2) is 0 Å². The summed E-state index contributed by atoms with van der Waals surface area (Å²) in [6, 6.07) is 15.0. The molecule has 0 radical (unpaired) electrons. The molecule has 110 valence electrons. The standard InChI is InChI=1S/C19H18N2O/c1-13-5-8-18(17(9-13)19(2,3)4)22-16-7-6-14(11-20)15(10-16)12-21/h5-10H,1-4H3. The van der Waals surface area contributed by atoms with Crippen molar-refractivity contribution in [1.29, 1.82) is 10.5 Å². The number of ether oxygens (including phenoxy) is 1. The summed E-state index contributed by atoms with van der Waals surface area (Å²) in [6.07, 6.45) is 0. The van der Waals surface area contributed by atoms with Crippen molar-refractivity contribution in [3.8, 4) is 23.6 Å². The first-order chi connectivity index (χ1) is 10.3. The van der Waals surface area contributed by atoms with Crippen LogP contribution in [0.3, 0.4) is 0 Å². The summed E-state index contributed by atoms with van der Waals surface area (Å²) in [4.78, 5) is 0. The number of hydrogen-bond acceptors (Lipinski definition) is 3. The largest absolute Gasteiger partial charge is 0.457 e. The Morgan fingerprint density at radius 3 is 2.18 bits per heavy atom. The van der Waals surface area contributed by atoms with Crippen LogP contribution in [0.5, 0.6) is 11.5 Å². The molecule has 0 saturated carbocycles. The summed E-state index contributed by atoms with van der Waals surface area (Å²) in [7, 11) is 0. The summed E-state index contributed by atoms with van der Waals surface area (Å²) in [6.45, 7) is 8.45.